The highest BCUT2D eigenvalue weighted by atomic mass is 16.5. The average Bonchev–Trinajstić information content (AvgIpc) is 2.61. The number of nitrogens with zero attached hydrogens (tertiary/aromatic N) is 4. The van der Waals surface area contributed by atoms with Crippen LogP contribution < -0.4 is 0 Å². The molecule has 1 aromatic rings. The first-order valence-corrected chi connectivity index (χ1v) is 5.24. The topological polar surface area (TPSA) is 77.3 Å². The molecule has 0 radical (unpaired) electrons. The molecule has 17 heavy (non-hydrogen) atoms. The van der Waals surface area contributed by atoms with Gasteiger partial charge in [-0.25, -0.2) is 9.48 Å². The quantitative estimate of drug-likeness (QED) is 0.684. The fraction of sp³-hybridized carbons (Fsp3) is 0.600. The summed E-state index contributed by atoms with van der Waals surface area (Å²) in [5, 5.41) is 7.47. The maximum atomic E-state index is 11.5. The van der Waals surface area contributed by atoms with E-state index < -0.39 is 5.97 Å². The molecule has 0 unspecified atom stereocenters. The first kappa shape index (κ1) is 13.1. The molecule has 7 heteroatoms. The van der Waals surface area contributed by atoms with E-state index in [1.165, 1.54) is 9.58 Å². The van der Waals surface area contributed by atoms with E-state index in [9.17, 15) is 9.59 Å². The molecule has 0 saturated heterocycles. The Balaban J connectivity index is 2.84. The summed E-state index contributed by atoms with van der Waals surface area (Å²) in [6, 6.07) is 0. The Kier molecular flexibility index (Phi) is 4.19. The minimum atomic E-state index is -0.520. The normalized spacial score (nSPS) is 10.1. The van der Waals surface area contributed by atoms with Gasteiger partial charge in [-0.05, 0) is 13.8 Å². The molecule has 0 spiro atoms. The van der Waals surface area contributed by atoms with Crippen LogP contribution in [0.4, 0.5) is 0 Å². The lowest BCUT2D eigenvalue weighted by atomic mass is 10.3. The highest BCUT2D eigenvalue weighted by Crippen LogP contribution is 2.05. The van der Waals surface area contributed by atoms with Crippen molar-refractivity contribution in [2.45, 2.75) is 20.4 Å². The van der Waals surface area contributed by atoms with Crippen LogP contribution in [-0.2, 0) is 16.1 Å². The van der Waals surface area contributed by atoms with Gasteiger partial charge in [-0.1, -0.05) is 5.21 Å². The fourth-order valence-corrected chi connectivity index (χ4v) is 1.17. The molecule has 7 nitrogen and oxygen atoms in total. The van der Waals surface area contributed by atoms with E-state index in [1.807, 2.05) is 0 Å². The highest BCUT2D eigenvalue weighted by molar-refractivity contribution is 5.88. The molecular weight excluding hydrogens is 224 g/mol. The molecule has 1 amide bonds. The van der Waals surface area contributed by atoms with Crippen molar-refractivity contribution >= 4 is 11.9 Å². The van der Waals surface area contributed by atoms with Crippen LogP contribution in [-0.4, -0.2) is 52.5 Å². The predicted molar refractivity (Wildman–Crippen MR) is 59.4 cm³/mol. The van der Waals surface area contributed by atoms with E-state index in [4.69, 9.17) is 4.74 Å². The zero-order valence-corrected chi connectivity index (χ0v) is 10.4. The number of esters is 1. The van der Waals surface area contributed by atoms with Crippen molar-refractivity contribution in [3.8, 4) is 0 Å². The summed E-state index contributed by atoms with van der Waals surface area (Å²) in [5.41, 5.74) is 0.678. The third-order valence-corrected chi connectivity index (χ3v) is 2.24. The Morgan fingerprint density at radius 1 is 1.41 bits per heavy atom. The predicted octanol–water partition coefficient (Wildman–Crippen LogP) is -0.149. The van der Waals surface area contributed by atoms with E-state index in [1.54, 1.807) is 27.9 Å². The van der Waals surface area contributed by atoms with Crippen LogP contribution in [0, 0.1) is 6.92 Å². The van der Waals surface area contributed by atoms with Gasteiger partial charge in [0, 0.05) is 14.1 Å². The Morgan fingerprint density at radius 2 is 2.06 bits per heavy atom. The molecule has 0 saturated carbocycles. The van der Waals surface area contributed by atoms with Crippen molar-refractivity contribution in [1.82, 2.24) is 19.9 Å². The Morgan fingerprint density at radius 3 is 2.59 bits per heavy atom. The standard InChI is InChI=1S/C10H16N4O3/c1-5-17-10(16)9-7(2)14(12-11-9)6-8(15)13(3)4/h5-6H2,1-4H3. The summed E-state index contributed by atoms with van der Waals surface area (Å²) in [6.07, 6.45) is 0. The van der Waals surface area contributed by atoms with Crippen LogP contribution >= 0.6 is 0 Å². The Hall–Kier alpha value is -1.92. The van der Waals surface area contributed by atoms with Crippen LogP contribution in [0.25, 0.3) is 0 Å². The highest BCUT2D eigenvalue weighted by Gasteiger charge is 2.18. The molecule has 94 valence electrons. The van der Waals surface area contributed by atoms with Gasteiger partial charge in [0.05, 0.1) is 12.3 Å². The lowest BCUT2D eigenvalue weighted by Crippen LogP contribution is -2.27. The molecule has 0 bridgehead atoms. The van der Waals surface area contributed by atoms with Crippen LogP contribution in [0.1, 0.15) is 23.1 Å². The first-order chi connectivity index (χ1) is 7.97. The van der Waals surface area contributed by atoms with E-state index in [2.05, 4.69) is 10.3 Å². The van der Waals surface area contributed by atoms with Crippen molar-refractivity contribution in [3.05, 3.63) is 11.4 Å². The molecule has 0 atom stereocenters. The van der Waals surface area contributed by atoms with Gasteiger partial charge in [0.15, 0.2) is 5.69 Å². The minimum absolute atomic E-state index is 0.0608. The Labute approximate surface area is 99.3 Å². The molecule has 0 aromatic carbocycles. The second-order valence-corrected chi connectivity index (χ2v) is 3.69. The van der Waals surface area contributed by atoms with Gasteiger partial charge in [-0.3, -0.25) is 4.79 Å². The van der Waals surface area contributed by atoms with E-state index in [0.717, 1.165) is 0 Å². The van der Waals surface area contributed by atoms with Crippen LogP contribution in [0.3, 0.4) is 0 Å². The second-order valence-electron chi connectivity index (χ2n) is 3.69. The molecule has 1 rings (SSSR count). The maximum absolute atomic E-state index is 11.5. The van der Waals surface area contributed by atoms with Crippen molar-refractivity contribution in [2.75, 3.05) is 20.7 Å². The van der Waals surface area contributed by atoms with Gasteiger partial charge >= 0.3 is 5.97 Å². The lowest BCUT2D eigenvalue weighted by molar-refractivity contribution is -0.129. The van der Waals surface area contributed by atoms with Crippen molar-refractivity contribution in [1.29, 1.82) is 0 Å². The number of carbonyl (C=O) groups excluding carboxylic acids is 2. The zero-order valence-electron chi connectivity index (χ0n) is 10.4. The fourth-order valence-electron chi connectivity index (χ4n) is 1.17. The number of hydrogen-bond donors (Lipinski definition) is 0. The van der Waals surface area contributed by atoms with E-state index in [-0.39, 0.29) is 24.8 Å². The molecule has 1 aromatic heterocycles. The minimum Gasteiger partial charge on any atom is -0.461 e. The van der Waals surface area contributed by atoms with Gasteiger partial charge in [0.1, 0.15) is 6.54 Å². The third kappa shape index (κ3) is 3.02. The SMILES string of the molecule is CCOC(=O)c1nnn(CC(=O)N(C)C)c1C. The number of ether oxygens (including phenoxy) is 1. The van der Waals surface area contributed by atoms with Crippen molar-refractivity contribution < 1.29 is 14.3 Å². The molecule has 0 fully saturated rings. The monoisotopic (exact) mass is 240 g/mol. The van der Waals surface area contributed by atoms with Gasteiger partial charge in [0.25, 0.3) is 0 Å². The molecule has 0 aliphatic heterocycles. The summed E-state index contributed by atoms with van der Waals surface area (Å²) in [7, 11) is 3.31. The lowest BCUT2D eigenvalue weighted by Gasteiger charge is -2.10. The van der Waals surface area contributed by atoms with Crippen molar-refractivity contribution in [2.24, 2.45) is 0 Å². The molecule has 0 aliphatic rings. The van der Waals surface area contributed by atoms with Gasteiger partial charge in [0.2, 0.25) is 5.91 Å². The van der Waals surface area contributed by atoms with Crippen LogP contribution in [0.5, 0.6) is 0 Å². The summed E-state index contributed by atoms with van der Waals surface area (Å²) in [6.45, 7) is 3.73. The molecule has 0 N–H and O–H groups in total. The smallest absolute Gasteiger partial charge is 0.360 e. The number of carbonyl (C=O) groups is 2. The summed E-state index contributed by atoms with van der Waals surface area (Å²) >= 11 is 0. The van der Waals surface area contributed by atoms with Crippen LogP contribution in [0.2, 0.25) is 0 Å². The summed E-state index contributed by atoms with van der Waals surface area (Å²) in [5.74, 6) is -0.637. The summed E-state index contributed by atoms with van der Waals surface area (Å²) in [4.78, 5) is 24.4. The maximum Gasteiger partial charge on any atom is 0.360 e. The second kappa shape index (κ2) is 5.42. The van der Waals surface area contributed by atoms with E-state index in [0.29, 0.717) is 5.69 Å². The first-order valence-electron chi connectivity index (χ1n) is 5.24. The molecule has 0 aliphatic carbocycles. The average molecular weight is 240 g/mol. The number of amides is 1. The number of hydrogen-bond acceptors (Lipinski definition) is 5. The van der Waals surface area contributed by atoms with Gasteiger partial charge < -0.3 is 9.64 Å². The zero-order chi connectivity index (χ0) is 13.0. The van der Waals surface area contributed by atoms with Crippen molar-refractivity contribution in [3.63, 3.8) is 0 Å². The van der Waals surface area contributed by atoms with Crippen LogP contribution in [0.15, 0.2) is 0 Å². The Bertz CT molecular complexity index is 425. The third-order valence-electron chi connectivity index (χ3n) is 2.24. The summed E-state index contributed by atoms with van der Waals surface area (Å²) < 4.78 is 6.21. The van der Waals surface area contributed by atoms with E-state index >= 15 is 0 Å². The molecule has 1 heterocycles. The number of aromatic nitrogens is 3. The molecular formula is C10H16N4O3. The van der Waals surface area contributed by atoms with Gasteiger partial charge in [-0.2, -0.15) is 0 Å². The largest absolute Gasteiger partial charge is 0.461 e. The number of rotatable bonds is 4. The number of likely N-dealkylation sites (N-methyl/N-ethyl adjacent to an activating group) is 1. The van der Waals surface area contributed by atoms with Gasteiger partial charge in [-0.15, -0.1) is 5.10 Å².